The number of piperidine rings is 1. The third-order valence-electron chi connectivity index (χ3n) is 5.31. The Bertz CT molecular complexity index is 1040. The van der Waals surface area contributed by atoms with Crippen LogP contribution in [-0.2, 0) is 19.7 Å². The zero-order chi connectivity index (χ0) is 20.4. The Hall–Kier alpha value is -1.70. The van der Waals surface area contributed by atoms with Crippen molar-refractivity contribution in [3.05, 3.63) is 54.1 Å². The normalized spacial score (nSPS) is 16.9. The fraction of sp³-hybridized carbons (Fsp3) is 0.429. The van der Waals surface area contributed by atoms with Crippen molar-refractivity contribution in [3.63, 3.8) is 0 Å². The maximum Gasteiger partial charge on any atom is 0.206 e. The lowest BCUT2D eigenvalue weighted by Gasteiger charge is -2.32. The molecule has 1 saturated heterocycles. The van der Waals surface area contributed by atoms with E-state index in [9.17, 15) is 16.8 Å². The molecule has 0 aromatic heterocycles. The van der Waals surface area contributed by atoms with E-state index in [4.69, 9.17) is 0 Å². The minimum Gasteiger partial charge on any atom is -0.303 e. The van der Waals surface area contributed by atoms with Crippen molar-refractivity contribution in [1.82, 2.24) is 4.90 Å². The van der Waals surface area contributed by atoms with Gasteiger partial charge in [-0.05, 0) is 80.7 Å². The van der Waals surface area contributed by atoms with E-state index >= 15 is 0 Å². The zero-order valence-electron chi connectivity index (χ0n) is 16.3. The van der Waals surface area contributed by atoms with Gasteiger partial charge in [-0.25, -0.2) is 16.8 Å². The first-order valence-electron chi connectivity index (χ1n) is 9.59. The van der Waals surface area contributed by atoms with E-state index in [0.29, 0.717) is 5.92 Å². The van der Waals surface area contributed by atoms with Gasteiger partial charge < -0.3 is 4.90 Å². The molecule has 0 saturated carbocycles. The van der Waals surface area contributed by atoms with Crippen molar-refractivity contribution in [3.8, 4) is 0 Å². The summed E-state index contributed by atoms with van der Waals surface area (Å²) < 4.78 is 49.7. The van der Waals surface area contributed by atoms with Crippen LogP contribution in [0.3, 0.4) is 0 Å². The quantitative estimate of drug-likeness (QED) is 0.714. The zero-order valence-corrected chi connectivity index (χ0v) is 18.0. The van der Waals surface area contributed by atoms with E-state index < -0.39 is 19.7 Å². The highest BCUT2D eigenvalue weighted by atomic mass is 32.2. The Kier molecular flexibility index (Phi) is 6.27. The van der Waals surface area contributed by atoms with E-state index in [0.717, 1.165) is 50.7 Å². The van der Waals surface area contributed by atoms with E-state index in [1.54, 1.807) is 18.2 Å². The van der Waals surface area contributed by atoms with Crippen LogP contribution in [0.15, 0.2) is 63.2 Å². The second kappa shape index (κ2) is 8.35. The van der Waals surface area contributed by atoms with Gasteiger partial charge in [0.15, 0.2) is 9.84 Å². The maximum absolute atomic E-state index is 13.1. The Morgan fingerprint density at radius 3 is 2.07 bits per heavy atom. The van der Waals surface area contributed by atoms with Gasteiger partial charge in [-0.1, -0.05) is 25.1 Å². The first-order valence-corrected chi connectivity index (χ1v) is 13.0. The third-order valence-corrected chi connectivity index (χ3v) is 8.17. The smallest absolute Gasteiger partial charge is 0.206 e. The number of rotatable bonds is 6. The molecule has 0 N–H and O–H groups in total. The van der Waals surface area contributed by atoms with E-state index in [1.165, 1.54) is 24.3 Å². The summed E-state index contributed by atoms with van der Waals surface area (Å²) in [4.78, 5) is 2.68. The van der Waals surface area contributed by atoms with Gasteiger partial charge in [0.05, 0.1) is 14.7 Å². The summed E-state index contributed by atoms with van der Waals surface area (Å²) in [6.07, 6.45) is 4.26. The molecule has 0 unspecified atom stereocenters. The molecule has 152 valence electrons. The predicted octanol–water partition coefficient (Wildman–Crippen LogP) is 3.51. The summed E-state index contributed by atoms with van der Waals surface area (Å²) in [7, 11) is -7.25. The molecule has 2 aromatic carbocycles. The molecule has 0 atom stereocenters. The SMILES string of the molecule is CCCN1CCC(c2cccc(S(=O)(=O)c3cccc(S(C)(=O)=O)c3)c2)CC1. The largest absolute Gasteiger partial charge is 0.303 e. The summed E-state index contributed by atoms with van der Waals surface area (Å²) in [5, 5.41) is 0. The van der Waals surface area contributed by atoms with Gasteiger partial charge in [-0.15, -0.1) is 0 Å². The number of hydrogen-bond donors (Lipinski definition) is 0. The van der Waals surface area contributed by atoms with E-state index in [2.05, 4.69) is 11.8 Å². The number of hydrogen-bond acceptors (Lipinski definition) is 5. The molecular formula is C21H27NO4S2. The highest BCUT2D eigenvalue weighted by Crippen LogP contribution is 2.31. The number of benzene rings is 2. The third kappa shape index (κ3) is 4.64. The van der Waals surface area contributed by atoms with Gasteiger partial charge in [0.2, 0.25) is 9.84 Å². The summed E-state index contributed by atoms with van der Waals surface area (Å²) >= 11 is 0. The van der Waals surface area contributed by atoms with Gasteiger partial charge in [0, 0.05) is 6.26 Å². The summed E-state index contributed by atoms with van der Waals surface area (Å²) in [6.45, 7) is 5.36. The maximum atomic E-state index is 13.1. The van der Waals surface area contributed by atoms with Gasteiger partial charge in [-0.3, -0.25) is 0 Å². The lowest BCUT2D eigenvalue weighted by Crippen LogP contribution is -2.33. The minimum atomic E-state index is -3.78. The molecule has 5 nitrogen and oxygen atoms in total. The molecule has 0 amide bonds. The Labute approximate surface area is 168 Å². The van der Waals surface area contributed by atoms with Crippen LogP contribution < -0.4 is 0 Å². The first kappa shape index (κ1) is 21.0. The fourth-order valence-electron chi connectivity index (χ4n) is 3.75. The molecule has 1 fully saturated rings. The van der Waals surface area contributed by atoms with E-state index in [1.807, 2.05) is 6.07 Å². The monoisotopic (exact) mass is 421 g/mol. The summed E-state index contributed by atoms with van der Waals surface area (Å²) in [6, 6.07) is 12.7. The number of likely N-dealkylation sites (tertiary alicyclic amines) is 1. The summed E-state index contributed by atoms with van der Waals surface area (Å²) in [5.41, 5.74) is 1.04. The van der Waals surface area contributed by atoms with Crippen LogP contribution in [0.1, 0.15) is 37.7 Å². The highest BCUT2D eigenvalue weighted by molar-refractivity contribution is 7.92. The van der Waals surface area contributed by atoms with Crippen molar-refractivity contribution in [2.75, 3.05) is 25.9 Å². The Balaban J connectivity index is 1.88. The highest BCUT2D eigenvalue weighted by Gasteiger charge is 2.24. The van der Waals surface area contributed by atoms with Crippen LogP contribution in [0.25, 0.3) is 0 Å². The molecule has 0 bridgehead atoms. The molecule has 7 heteroatoms. The molecule has 28 heavy (non-hydrogen) atoms. The second-order valence-corrected chi connectivity index (χ2v) is 11.4. The van der Waals surface area contributed by atoms with E-state index in [-0.39, 0.29) is 14.7 Å². The molecule has 1 aliphatic rings. The van der Waals surface area contributed by atoms with Gasteiger partial charge in [-0.2, -0.15) is 0 Å². The average Bonchev–Trinajstić information content (AvgIpc) is 2.68. The van der Waals surface area contributed by atoms with Gasteiger partial charge in [0.1, 0.15) is 0 Å². The first-order chi connectivity index (χ1) is 13.2. The van der Waals surface area contributed by atoms with Crippen molar-refractivity contribution < 1.29 is 16.8 Å². The number of nitrogens with zero attached hydrogens (tertiary/aromatic N) is 1. The lowest BCUT2D eigenvalue weighted by atomic mass is 9.89. The van der Waals surface area contributed by atoms with Gasteiger partial charge in [0.25, 0.3) is 0 Å². The molecule has 2 aromatic rings. The Morgan fingerprint density at radius 2 is 1.46 bits per heavy atom. The van der Waals surface area contributed by atoms with Crippen LogP contribution in [0.4, 0.5) is 0 Å². The summed E-state index contributed by atoms with van der Waals surface area (Å²) in [5.74, 6) is 0.352. The second-order valence-electron chi connectivity index (χ2n) is 7.44. The minimum absolute atomic E-state index is 0.00494. The van der Waals surface area contributed by atoms with Crippen molar-refractivity contribution >= 4 is 19.7 Å². The van der Waals surface area contributed by atoms with Crippen molar-refractivity contribution in [2.24, 2.45) is 0 Å². The van der Waals surface area contributed by atoms with Crippen LogP contribution in [0.5, 0.6) is 0 Å². The molecule has 0 aliphatic carbocycles. The van der Waals surface area contributed by atoms with Crippen molar-refractivity contribution in [2.45, 2.75) is 46.8 Å². The fourth-order valence-corrected chi connectivity index (χ4v) is 5.85. The van der Waals surface area contributed by atoms with Crippen LogP contribution in [-0.4, -0.2) is 47.6 Å². The Morgan fingerprint density at radius 1 is 0.893 bits per heavy atom. The number of sulfone groups is 2. The molecular weight excluding hydrogens is 394 g/mol. The predicted molar refractivity (Wildman–Crippen MR) is 110 cm³/mol. The molecule has 0 spiro atoms. The topological polar surface area (TPSA) is 71.5 Å². The molecule has 1 aliphatic heterocycles. The standard InChI is InChI=1S/C21H27NO4S2/c1-3-12-22-13-10-17(11-14-22)18-6-4-8-20(15-18)28(25,26)21-9-5-7-19(16-21)27(2,23)24/h4-9,15-17H,3,10-14H2,1-2H3. The van der Waals surface area contributed by atoms with Crippen LogP contribution in [0, 0.1) is 0 Å². The molecule has 1 heterocycles. The average molecular weight is 422 g/mol. The van der Waals surface area contributed by atoms with Crippen LogP contribution >= 0.6 is 0 Å². The van der Waals surface area contributed by atoms with Crippen molar-refractivity contribution in [1.29, 1.82) is 0 Å². The molecule has 0 radical (unpaired) electrons. The molecule has 3 rings (SSSR count). The van der Waals surface area contributed by atoms with Gasteiger partial charge >= 0.3 is 0 Å². The lowest BCUT2D eigenvalue weighted by molar-refractivity contribution is 0.212. The van der Waals surface area contributed by atoms with Crippen LogP contribution in [0.2, 0.25) is 0 Å².